The highest BCUT2D eigenvalue weighted by atomic mass is 19.4. The maximum atomic E-state index is 12.8. The van der Waals surface area contributed by atoms with Crippen molar-refractivity contribution in [2.45, 2.75) is 32.0 Å². The van der Waals surface area contributed by atoms with Crippen molar-refractivity contribution in [2.24, 2.45) is 0 Å². The molecule has 1 aromatic rings. The highest BCUT2D eigenvalue weighted by molar-refractivity contribution is 5.97. The third-order valence-electron chi connectivity index (χ3n) is 3.09. The van der Waals surface area contributed by atoms with Crippen LogP contribution < -0.4 is 5.32 Å². The molecule has 0 radical (unpaired) electrons. The molecule has 19 heavy (non-hydrogen) atoms. The highest BCUT2D eigenvalue weighted by Crippen LogP contribution is 2.35. The van der Waals surface area contributed by atoms with Crippen molar-refractivity contribution in [1.82, 2.24) is 0 Å². The minimum Gasteiger partial charge on any atom is -0.369 e. The lowest BCUT2D eigenvalue weighted by atomic mass is 10.0. The van der Waals surface area contributed by atoms with E-state index in [4.69, 9.17) is 4.74 Å². The van der Waals surface area contributed by atoms with Gasteiger partial charge in [0, 0.05) is 7.11 Å². The Morgan fingerprint density at radius 3 is 2.37 bits per heavy atom. The number of ether oxygens (including phenoxy) is 1. The predicted octanol–water partition coefficient (Wildman–Crippen LogP) is 3.46. The van der Waals surface area contributed by atoms with E-state index in [9.17, 15) is 18.0 Å². The molecule has 0 spiro atoms. The van der Waals surface area contributed by atoms with Gasteiger partial charge < -0.3 is 10.1 Å². The summed E-state index contributed by atoms with van der Waals surface area (Å²) >= 11 is 0. The van der Waals surface area contributed by atoms with E-state index in [2.05, 4.69) is 5.32 Å². The summed E-state index contributed by atoms with van der Waals surface area (Å²) in [5.74, 6) is -0.603. The van der Waals surface area contributed by atoms with Gasteiger partial charge in [-0.2, -0.15) is 13.2 Å². The van der Waals surface area contributed by atoms with E-state index in [1.54, 1.807) is 6.92 Å². The summed E-state index contributed by atoms with van der Waals surface area (Å²) in [4.78, 5) is 12.0. The molecule has 0 fully saturated rings. The zero-order valence-corrected chi connectivity index (χ0v) is 11.0. The normalized spacial score (nSPS) is 14.8. The lowest BCUT2D eigenvalue weighted by molar-refractivity contribution is -0.138. The SMILES string of the molecule is CCC(C)(OC)C(=O)Nc1ccccc1C(F)(F)F. The van der Waals surface area contributed by atoms with Gasteiger partial charge in [-0.15, -0.1) is 0 Å². The molecule has 0 heterocycles. The average Bonchev–Trinajstić information content (AvgIpc) is 2.37. The van der Waals surface area contributed by atoms with Crippen molar-refractivity contribution in [3.05, 3.63) is 29.8 Å². The first kappa shape index (κ1) is 15.5. The van der Waals surface area contributed by atoms with Crippen LogP contribution in [0.4, 0.5) is 18.9 Å². The van der Waals surface area contributed by atoms with Crippen LogP contribution in [0.15, 0.2) is 24.3 Å². The van der Waals surface area contributed by atoms with E-state index >= 15 is 0 Å². The number of methoxy groups -OCH3 is 1. The van der Waals surface area contributed by atoms with Crippen LogP contribution in [0, 0.1) is 0 Å². The maximum Gasteiger partial charge on any atom is 0.418 e. The molecular formula is C13H16F3NO2. The molecule has 106 valence electrons. The largest absolute Gasteiger partial charge is 0.418 e. The number of benzene rings is 1. The molecule has 6 heteroatoms. The van der Waals surface area contributed by atoms with Gasteiger partial charge in [0.1, 0.15) is 5.60 Å². The highest BCUT2D eigenvalue weighted by Gasteiger charge is 2.36. The average molecular weight is 275 g/mol. The molecule has 0 aliphatic carbocycles. The molecular weight excluding hydrogens is 259 g/mol. The van der Waals surface area contributed by atoms with Crippen LogP contribution in [0.1, 0.15) is 25.8 Å². The number of carbonyl (C=O) groups is 1. The molecule has 0 saturated heterocycles. The lowest BCUT2D eigenvalue weighted by Crippen LogP contribution is -2.41. The van der Waals surface area contributed by atoms with Crippen molar-refractivity contribution in [3.8, 4) is 0 Å². The van der Waals surface area contributed by atoms with Gasteiger partial charge in [-0.1, -0.05) is 19.1 Å². The summed E-state index contributed by atoms with van der Waals surface area (Å²) in [5.41, 5.74) is -2.30. The van der Waals surface area contributed by atoms with E-state index < -0.39 is 23.2 Å². The number of amides is 1. The summed E-state index contributed by atoms with van der Waals surface area (Å²) in [7, 11) is 1.35. The quantitative estimate of drug-likeness (QED) is 0.913. The van der Waals surface area contributed by atoms with Gasteiger partial charge >= 0.3 is 6.18 Å². The Balaban J connectivity index is 3.04. The molecule has 1 N–H and O–H groups in total. The first-order valence-corrected chi connectivity index (χ1v) is 5.77. The Morgan fingerprint density at radius 2 is 1.89 bits per heavy atom. The maximum absolute atomic E-state index is 12.8. The van der Waals surface area contributed by atoms with Gasteiger partial charge in [-0.3, -0.25) is 4.79 Å². The Kier molecular flexibility index (Phi) is 4.57. The van der Waals surface area contributed by atoms with Crippen molar-refractivity contribution >= 4 is 11.6 Å². The molecule has 0 aliphatic heterocycles. The molecule has 0 aliphatic rings. The zero-order chi connectivity index (χ0) is 14.7. The fourth-order valence-corrected chi connectivity index (χ4v) is 1.49. The molecule has 0 saturated carbocycles. The van der Waals surface area contributed by atoms with Gasteiger partial charge in [-0.25, -0.2) is 0 Å². The number of anilines is 1. The zero-order valence-electron chi connectivity index (χ0n) is 11.0. The van der Waals surface area contributed by atoms with Crippen LogP contribution in [0.2, 0.25) is 0 Å². The number of rotatable bonds is 4. The summed E-state index contributed by atoms with van der Waals surface area (Å²) < 4.78 is 43.4. The number of alkyl halides is 3. The Hall–Kier alpha value is -1.56. The summed E-state index contributed by atoms with van der Waals surface area (Å²) in [6, 6.07) is 4.84. The number of carbonyl (C=O) groups excluding carboxylic acids is 1. The van der Waals surface area contributed by atoms with Gasteiger partial charge in [0.05, 0.1) is 11.3 Å². The summed E-state index contributed by atoms with van der Waals surface area (Å²) in [6.07, 6.45) is -4.16. The third-order valence-corrected chi connectivity index (χ3v) is 3.09. The van der Waals surface area contributed by atoms with Crippen LogP contribution in [0.25, 0.3) is 0 Å². The Morgan fingerprint density at radius 1 is 1.32 bits per heavy atom. The molecule has 1 amide bonds. The molecule has 1 atom stereocenters. The Bertz CT molecular complexity index is 453. The van der Waals surface area contributed by atoms with Gasteiger partial charge in [0.2, 0.25) is 0 Å². The summed E-state index contributed by atoms with van der Waals surface area (Å²) in [5, 5.41) is 2.28. The molecule has 0 aromatic heterocycles. The minimum absolute atomic E-state index is 0.267. The lowest BCUT2D eigenvalue weighted by Gasteiger charge is -2.26. The smallest absolute Gasteiger partial charge is 0.369 e. The standard InChI is InChI=1S/C13H16F3NO2/c1-4-12(2,19-3)11(18)17-10-8-6-5-7-9(10)13(14,15)16/h5-8H,4H2,1-3H3,(H,17,18). The van der Waals surface area contributed by atoms with Gasteiger partial charge in [0.15, 0.2) is 0 Å². The van der Waals surface area contributed by atoms with Gasteiger partial charge in [0.25, 0.3) is 5.91 Å². The van der Waals surface area contributed by atoms with Crippen LogP contribution in [-0.4, -0.2) is 18.6 Å². The van der Waals surface area contributed by atoms with E-state index in [0.717, 1.165) is 6.07 Å². The van der Waals surface area contributed by atoms with E-state index in [1.807, 2.05) is 0 Å². The van der Waals surface area contributed by atoms with E-state index in [0.29, 0.717) is 6.42 Å². The summed E-state index contributed by atoms with van der Waals surface area (Å²) in [6.45, 7) is 3.25. The second-order valence-corrected chi connectivity index (χ2v) is 4.29. The van der Waals surface area contributed by atoms with E-state index in [-0.39, 0.29) is 5.69 Å². The van der Waals surface area contributed by atoms with E-state index in [1.165, 1.54) is 32.2 Å². The molecule has 1 rings (SSSR count). The second kappa shape index (κ2) is 5.61. The second-order valence-electron chi connectivity index (χ2n) is 4.29. The topological polar surface area (TPSA) is 38.3 Å². The molecule has 0 bridgehead atoms. The number of nitrogens with one attached hydrogen (secondary N) is 1. The molecule has 1 aromatic carbocycles. The predicted molar refractivity (Wildman–Crippen MR) is 65.8 cm³/mol. The molecule has 3 nitrogen and oxygen atoms in total. The van der Waals surface area contributed by atoms with Crippen LogP contribution >= 0.6 is 0 Å². The fraction of sp³-hybridized carbons (Fsp3) is 0.462. The Labute approximate surface area is 109 Å². The van der Waals surface area contributed by atoms with Crippen LogP contribution in [0.3, 0.4) is 0 Å². The monoisotopic (exact) mass is 275 g/mol. The van der Waals surface area contributed by atoms with Crippen LogP contribution in [-0.2, 0) is 15.7 Å². The molecule has 1 unspecified atom stereocenters. The van der Waals surface area contributed by atoms with Crippen molar-refractivity contribution < 1.29 is 22.7 Å². The number of hydrogen-bond acceptors (Lipinski definition) is 2. The van der Waals surface area contributed by atoms with Gasteiger partial charge in [-0.05, 0) is 25.5 Å². The van der Waals surface area contributed by atoms with Crippen molar-refractivity contribution in [3.63, 3.8) is 0 Å². The first-order valence-electron chi connectivity index (χ1n) is 5.77. The number of para-hydroxylation sites is 1. The van der Waals surface area contributed by atoms with Crippen molar-refractivity contribution in [2.75, 3.05) is 12.4 Å². The number of hydrogen-bond donors (Lipinski definition) is 1. The number of halogens is 3. The minimum atomic E-state index is -4.51. The third kappa shape index (κ3) is 3.47. The van der Waals surface area contributed by atoms with Crippen LogP contribution in [0.5, 0.6) is 0 Å². The first-order chi connectivity index (χ1) is 8.74. The van der Waals surface area contributed by atoms with Crippen molar-refractivity contribution in [1.29, 1.82) is 0 Å². The fourth-order valence-electron chi connectivity index (χ4n) is 1.49.